The van der Waals surface area contributed by atoms with Gasteiger partial charge in [-0.1, -0.05) is 32.0 Å². The summed E-state index contributed by atoms with van der Waals surface area (Å²) in [6.45, 7) is 13.3. The van der Waals surface area contributed by atoms with E-state index in [1.807, 2.05) is 39.0 Å². The molecule has 34 heavy (non-hydrogen) atoms. The Morgan fingerprint density at radius 3 is 2.59 bits per heavy atom. The largest absolute Gasteiger partial charge is 0.495 e. The Hall–Kier alpha value is -3.02. The van der Waals surface area contributed by atoms with Crippen molar-refractivity contribution in [2.24, 2.45) is 10.4 Å². The summed E-state index contributed by atoms with van der Waals surface area (Å²) < 4.78 is 17.2. The average molecular weight is 467 g/mol. The van der Waals surface area contributed by atoms with Gasteiger partial charge in [0.15, 0.2) is 5.90 Å². The van der Waals surface area contributed by atoms with Crippen molar-refractivity contribution >= 4 is 17.5 Å². The molecule has 1 amide bonds. The number of rotatable bonds is 10. The van der Waals surface area contributed by atoms with Crippen LogP contribution < -0.4 is 14.8 Å². The number of carbonyl (C=O) groups excluding carboxylic acids is 1. The summed E-state index contributed by atoms with van der Waals surface area (Å²) >= 11 is 0. The number of methoxy groups -OCH3 is 1. The number of aryl methyl sites for hydroxylation is 2. The molecule has 184 valence electrons. The fourth-order valence-electron chi connectivity index (χ4n) is 3.85. The van der Waals surface area contributed by atoms with Gasteiger partial charge in [0.2, 0.25) is 5.91 Å². The second kappa shape index (κ2) is 10.5. The van der Waals surface area contributed by atoms with Crippen molar-refractivity contribution in [2.75, 3.05) is 25.6 Å². The summed E-state index contributed by atoms with van der Waals surface area (Å²) in [5, 5.41) is 3.07. The first-order valence-electron chi connectivity index (χ1n) is 11.9. The molecule has 0 bridgehead atoms. The van der Waals surface area contributed by atoms with Gasteiger partial charge in [0, 0.05) is 11.8 Å². The Morgan fingerprint density at radius 2 is 1.91 bits per heavy atom. The molecule has 0 aromatic heterocycles. The number of hydrogen-bond donors (Lipinski definition) is 1. The molecule has 0 unspecified atom stereocenters. The fraction of sp³-hybridized carbons (Fsp3) is 0.500. The van der Waals surface area contributed by atoms with E-state index in [0.29, 0.717) is 37.5 Å². The molecule has 6 nitrogen and oxygen atoms in total. The standard InChI is InChI=1S/C28H38N2O4/c1-19-9-10-20(2)24(15-19)33-14-8-13-27(3,4)26(31)29-22-16-21(11-12-23(22)32-7)17-25-30-28(5,6)18-34-25/h9-12,15-16H,8,13-14,17-18H2,1-7H3,(H,29,31). The highest BCUT2D eigenvalue weighted by atomic mass is 16.5. The Kier molecular flexibility index (Phi) is 7.90. The van der Waals surface area contributed by atoms with Crippen LogP contribution in [-0.2, 0) is 16.0 Å². The second-order valence-corrected chi connectivity index (χ2v) is 10.4. The van der Waals surface area contributed by atoms with Crippen molar-refractivity contribution in [2.45, 2.75) is 66.3 Å². The summed E-state index contributed by atoms with van der Waals surface area (Å²) in [7, 11) is 1.60. The monoisotopic (exact) mass is 466 g/mol. The first-order chi connectivity index (χ1) is 16.0. The number of nitrogens with one attached hydrogen (secondary N) is 1. The highest BCUT2D eigenvalue weighted by Gasteiger charge is 2.29. The molecule has 0 radical (unpaired) electrons. The molecular formula is C28H38N2O4. The molecule has 1 N–H and O–H groups in total. The van der Waals surface area contributed by atoms with E-state index in [0.717, 1.165) is 29.2 Å². The van der Waals surface area contributed by atoms with Crippen molar-refractivity contribution in [1.82, 2.24) is 0 Å². The number of hydrogen-bond acceptors (Lipinski definition) is 5. The predicted molar refractivity (Wildman–Crippen MR) is 137 cm³/mol. The van der Waals surface area contributed by atoms with Crippen LogP contribution in [0.4, 0.5) is 5.69 Å². The molecule has 1 heterocycles. The minimum absolute atomic E-state index is 0.0507. The van der Waals surface area contributed by atoms with Gasteiger partial charge in [-0.15, -0.1) is 0 Å². The van der Waals surface area contributed by atoms with Crippen LogP contribution >= 0.6 is 0 Å². The van der Waals surface area contributed by atoms with Crippen LogP contribution in [0.15, 0.2) is 41.4 Å². The van der Waals surface area contributed by atoms with Crippen LogP contribution in [0.2, 0.25) is 0 Å². The zero-order chi connectivity index (χ0) is 24.9. The molecule has 0 fully saturated rings. The molecule has 2 aromatic carbocycles. The van der Waals surface area contributed by atoms with E-state index < -0.39 is 5.41 Å². The van der Waals surface area contributed by atoms with Gasteiger partial charge in [0.25, 0.3) is 0 Å². The zero-order valence-corrected chi connectivity index (χ0v) is 21.6. The van der Waals surface area contributed by atoms with E-state index in [1.165, 1.54) is 5.56 Å². The molecule has 6 heteroatoms. The Bertz CT molecular complexity index is 1060. The maximum absolute atomic E-state index is 13.2. The van der Waals surface area contributed by atoms with Crippen LogP contribution in [0.3, 0.4) is 0 Å². The first kappa shape index (κ1) is 25.6. The highest BCUT2D eigenvalue weighted by molar-refractivity contribution is 5.96. The molecule has 1 aliphatic rings. The molecule has 1 aliphatic heterocycles. The van der Waals surface area contributed by atoms with Crippen molar-refractivity contribution in [3.05, 3.63) is 53.1 Å². The van der Waals surface area contributed by atoms with Gasteiger partial charge in [-0.2, -0.15) is 0 Å². The van der Waals surface area contributed by atoms with Crippen LogP contribution in [0.5, 0.6) is 11.5 Å². The van der Waals surface area contributed by atoms with Gasteiger partial charge >= 0.3 is 0 Å². The lowest BCUT2D eigenvalue weighted by Gasteiger charge is -2.24. The number of aliphatic imine (C=N–C) groups is 1. The average Bonchev–Trinajstić information content (AvgIpc) is 3.11. The molecule has 0 saturated carbocycles. The molecule has 0 atom stereocenters. The predicted octanol–water partition coefficient (Wildman–Crippen LogP) is 5.89. The van der Waals surface area contributed by atoms with Crippen LogP contribution in [0.25, 0.3) is 0 Å². The topological polar surface area (TPSA) is 69.2 Å². The Balaban J connectivity index is 1.59. The highest BCUT2D eigenvalue weighted by Crippen LogP contribution is 2.31. The lowest BCUT2D eigenvalue weighted by Crippen LogP contribution is -2.31. The van der Waals surface area contributed by atoms with E-state index in [4.69, 9.17) is 14.2 Å². The third kappa shape index (κ3) is 6.75. The van der Waals surface area contributed by atoms with Crippen LogP contribution in [-0.4, -0.2) is 37.7 Å². The van der Waals surface area contributed by atoms with Crippen molar-refractivity contribution in [1.29, 1.82) is 0 Å². The van der Waals surface area contributed by atoms with E-state index in [-0.39, 0.29) is 11.4 Å². The summed E-state index contributed by atoms with van der Waals surface area (Å²) in [6, 6.07) is 12.0. The zero-order valence-electron chi connectivity index (χ0n) is 21.6. The van der Waals surface area contributed by atoms with Gasteiger partial charge in [-0.25, -0.2) is 4.99 Å². The van der Waals surface area contributed by atoms with Gasteiger partial charge in [-0.3, -0.25) is 4.79 Å². The maximum Gasteiger partial charge on any atom is 0.230 e. The summed E-state index contributed by atoms with van der Waals surface area (Å²) in [4.78, 5) is 17.8. The fourth-order valence-corrected chi connectivity index (χ4v) is 3.85. The molecule has 0 spiro atoms. The van der Waals surface area contributed by atoms with Gasteiger partial charge in [0.1, 0.15) is 18.1 Å². The third-order valence-corrected chi connectivity index (χ3v) is 6.05. The van der Waals surface area contributed by atoms with E-state index in [1.54, 1.807) is 7.11 Å². The number of carbonyl (C=O) groups is 1. The molecule has 0 aliphatic carbocycles. The Labute approximate surface area is 203 Å². The van der Waals surface area contributed by atoms with E-state index >= 15 is 0 Å². The first-order valence-corrected chi connectivity index (χ1v) is 11.9. The summed E-state index contributed by atoms with van der Waals surface area (Å²) in [6.07, 6.45) is 2.05. The van der Waals surface area contributed by atoms with Crippen LogP contribution in [0.1, 0.15) is 57.2 Å². The molecular weight excluding hydrogens is 428 g/mol. The Morgan fingerprint density at radius 1 is 1.15 bits per heavy atom. The van der Waals surface area contributed by atoms with E-state index in [9.17, 15) is 4.79 Å². The quantitative estimate of drug-likeness (QED) is 0.444. The van der Waals surface area contributed by atoms with Crippen molar-refractivity contribution in [3.63, 3.8) is 0 Å². The smallest absolute Gasteiger partial charge is 0.230 e. The minimum Gasteiger partial charge on any atom is -0.495 e. The van der Waals surface area contributed by atoms with Gasteiger partial charge in [-0.05, 0) is 75.4 Å². The van der Waals surface area contributed by atoms with Crippen molar-refractivity contribution < 1.29 is 19.0 Å². The van der Waals surface area contributed by atoms with Crippen molar-refractivity contribution in [3.8, 4) is 11.5 Å². The van der Waals surface area contributed by atoms with E-state index in [2.05, 4.69) is 49.3 Å². The summed E-state index contributed by atoms with van der Waals surface area (Å²) in [5.41, 5.74) is 3.20. The SMILES string of the molecule is COc1ccc(CC2=NC(C)(C)CO2)cc1NC(=O)C(C)(C)CCCOc1cc(C)ccc1C. The maximum atomic E-state index is 13.2. The normalized spacial score (nSPS) is 14.9. The summed E-state index contributed by atoms with van der Waals surface area (Å²) in [5.74, 6) is 2.20. The van der Waals surface area contributed by atoms with Crippen LogP contribution in [0, 0.1) is 19.3 Å². The lowest BCUT2D eigenvalue weighted by molar-refractivity contribution is -0.124. The number of nitrogens with zero attached hydrogens (tertiary/aromatic N) is 1. The molecule has 0 saturated heterocycles. The minimum atomic E-state index is -0.561. The molecule has 2 aromatic rings. The lowest BCUT2D eigenvalue weighted by atomic mass is 9.86. The number of anilines is 1. The third-order valence-electron chi connectivity index (χ3n) is 6.05. The second-order valence-electron chi connectivity index (χ2n) is 10.4. The van der Waals surface area contributed by atoms with Gasteiger partial charge < -0.3 is 19.5 Å². The number of amides is 1. The number of ether oxygens (including phenoxy) is 3. The number of benzene rings is 2. The van der Waals surface area contributed by atoms with Gasteiger partial charge in [0.05, 0.1) is 24.9 Å². The molecule has 3 rings (SSSR count).